The Hall–Kier alpha value is -2.73. The Morgan fingerprint density at radius 2 is 1.83 bits per heavy atom. The number of thioether (sulfide) groups is 1. The summed E-state index contributed by atoms with van der Waals surface area (Å²) in [6.07, 6.45) is 0.871. The molecule has 1 heterocycles. The summed E-state index contributed by atoms with van der Waals surface area (Å²) in [4.78, 5) is 17.4. The molecule has 0 aliphatic heterocycles. The minimum Gasteiger partial charge on any atom is -0.493 e. The molecule has 0 saturated heterocycles. The van der Waals surface area contributed by atoms with Crippen molar-refractivity contribution in [2.75, 3.05) is 25.3 Å². The van der Waals surface area contributed by atoms with Crippen LogP contribution in [0.15, 0.2) is 41.4 Å². The Kier molecular flexibility index (Phi) is 6.64. The molecule has 0 unspecified atom stereocenters. The molecule has 5 nitrogen and oxygen atoms in total. The molecule has 0 bridgehead atoms. The average Bonchev–Trinajstić information content (AvgIpc) is 2.74. The summed E-state index contributed by atoms with van der Waals surface area (Å²) < 4.78 is 10.5. The number of anilines is 1. The normalized spacial score (nSPS) is 10.8. The van der Waals surface area contributed by atoms with Crippen molar-refractivity contribution >= 4 is 34.3 Å². The average molecular weight is 411 g/mol. The van der Waals surface area contributed by atoms with E-state index >= 15 is 0 Å². The summed E-state index contributed by atoms with van der Waals surface area (Å²) in [6, 6.07) is 11.7. The fraction of sp³-hybridized carbons (Fsp3) is 0.304. The fourth-order valence-corrected chi connectivity index (χ4v) is 4.02. The molecule has 0 aliphatic rings. The summed E-state index contributed by atoms with van der Waals surface area (Å²) in [7, 11) is 3.15. The molecule has 3 aromatic rings. The number of nitrogens with zero attached hydrogens (tertiary/aromatic N) is 1. The van der Waals surface area contributed by atoms with E-state index in [0.717, 1.165) is 27.9 Å². The van der Waals surface area contributed by atoms with E-state index < -0.39 is 0 Å². The first kappa shape index (κ1) is 21.0. The Balaban J connectivity index is 1.76. The minimum atomic E-state index is -0.0906. The van der Waals surface area contributed by atoms with Gasteiger partial charge in [-0.3, -0.25) is 4.79 Å². The number of pyridine rings is 1. The number of benzene rings is 2. The quantitative estimate of drug-likeness (QED) is 0.545. The van der Waals surface area contributed by atoms with E-state index in [9.17, 15) is 4.79 Å². The number of carbonyl (C=O) groups is 1. The zero-order valence-electron chi connectivity index (χ0n) is 17.5. The van der Waals surface area contributed by atoms with Gasteiger partial charge >= 0.3 is 0 Å². The van der Waals surface area contributed by atoms with Crippen LogP contribution in [-0.2, 0) is 11.2 Å². The van der Waals surface area contributed by atoms with Gasteiger partial charge in [-0.15, -0.1) is 0 Å². The molecule has 0 radical (unpaired) electrons. The van der Waals surface area contributed by atoms with Gasteiger partial charge in [0.1, 0.15) is 5.03 Å². The van der Waals surface area contributed by atoms with Crippen molar-refractivity contribution < 1.29 is 14.3 Å². The molecule has 0 saturated carbocycles. The predicted molar refractivity (Wildman–Crippen MR) is 119 cm³/mol. The second-order valence-electron chi connectivity index (χ2n) is 6.79. The Morgan fingerprint density at radius 3 is 2.52 bits per heavy atom. The molecule has 0 aliphatic carbocycles. The zero-order chi connectivity index (χ0) is 21.0. The van der Waals surface area contributed by atoms with Gasteiger partial charge in [0.05, 0.1) is 25.5 Å². The smallest absolute Gasteiger partial charge is 0.234 e. The van der Waals surface area contributed by atoms with Crippen LogP contribution in [0.3, 0.4) is 0 Å². The van der Waals surface area contributed by atoms with Crippen LogP contribution < -0.4 is 14.8 Å². The highest BCUT2D eigenvalue weighted by molar-refractivity contribution is 8.00. The first-order chi connectivity index (χ1) is 14.0. The van der Waals surface area contributed by atoms with Gasteiger partial charge in [-0.25, -0.2) is 4.98 Å². The number of hydrogen-bond donors (Lipinski definition) is 1. The van der Waals surface area contributed by atoms with Gasteiger partial charge in [0, 0.05) is 17.1 Å². The Morgan fingerprint density at radius 1 is 1.07 bits per heavy atom. The van der Waals surface area contributed by atoms with Crippen LogP contribution in [0, 0.1) is 13.8 Å². The first-order valence-corrected chi connectivity index (χ1v) is 10.5. The van der Waals surface area contributed by atoms with Crippen molar-refractivity contribution in [1.82, 2.24) is 4.98 Å². The number of carbonyl (C=O) groups excluding carboxylic acids is 1. The number of aromatic nitrogens is 1. The molecule has 1 amide bonds. The van der Waals surface area contributed by atoms with Crippen molar-refractivity contribution in [2.45, 2.75) is 32.2 Å². The van der Waals surface area contributed by atoms with Gasteiger partial charge in [-0.2, -0.15) is 0 Å². The lowest BCUT2D eigenvalue weighted by molar-refractivity contribution is -0.113. The van der Waals surface area contributed by atoms with E-state index in [-0.39, 0.29) is 11.7 Å². The van der Waals surface area contributed by atoms with Crippen LogP contribution >= 0.6 is 11.8 Å². The summed E-state index contributed by atoms with van der Waals surface area (Å²) in [5, 5.41) is 4.97. The lowest BCUT2D eigenvalue weighted by atomic mass is 10.0. The third-order valence-electron chi connectivity index (χ3n) is 4.94. The second kappa shape index (κ2) is 9.18. The van der Waals surface area contributed by atoms with E-state index in [1.807, 2.05) is 0 Å². The maximum atomic E-state index is 12.5. The molecule has 0 spiro atoms. The molecule has 0 atom stereocenters. The molecular formula is C23H26N2O3S. The summed E-state index contributed by atoms with van der Waals surface area (Å²) in [5.41, 5.74) is 5.23. The minimum absolute atomic E-state index is 0.0906. The fourth-order valence-electron chi connectivity index (χ4n) is 3.13. The number of nitrogens with one attached hydrogen (secondary N) is 1. The Labute approximate surface area is 175 Å². The van der Waals surface area contributed by atoms with Crippen LogP contribution in [0.2, 0.25) is 0 Å². The summed E-state index contributed by atoms with van der Waals surface area (Å²) in [5.74, 6) is 1.39. The Bertz CT molecular complexity index is 1050. The van der Waals surface area contributed by atoms with Gasteiger partial charge < -0.3 is 14.8 Å². The molecular weight excluding hydrogens is 384 g/mol. The van der Waals surface area contributed by atoms with Crippen LogP contribution in [0.25, 0.3) is 10.9 Å². The maximum Gasteiger partial charge on any atom is 0.234 e. The highest BCUT2D eigenvalue weighted by atomic mass is 32.2. The van der Waals surface area contributed by atoms with Crippen molar-refractivity contribution in [3.8, 4) is 11.5 Å². The molecule has 1 N–H and O–H groups in total. The number of methoxy groups -OCH3 is 2. The molecule has 1 aromatic heterocycles. The molecule has 152 valence electrons. The van der Waals surface area contributed by atoms with E-state index in [1.165, 1.54) is 22.9 Å². The zero-order valence-corrected chi connectivity index (χ0v) is 18.3. The van der Waals surface area contributed by atoms with Gasteiger partial charge in [-0.1, -0.05) is 30.8 Å². The number of aryl methyl sites for hydroxylation is 3. The van der Waals surface area contributed by atoms with Gasteiger partial charge in [0.25, 0.3) is 0 Å². The lowest BCUT2D eigenvalue weighted by Crippen LogP contribution is -2.14. The van der Waals surface area contributed by atoms with E-state index in [2.05, 4.69) is 44.3 Å². The molecule has 3 rings (SSSR count). The van der Waals surface area contributed by atoms with Gasteiger partial charge in [0.2, 0.25) is 5.91 Å². The van der Waals surface area contributed by atoms with Crippen molar-refractivity contribution in [3.63, 3.8) is 0 Å². The number of rotatable bonds is 7. The predicted octanol–water partition coefficient (Wildman–Crippen LogP) is 5.16. The molecule has 2 aromatic carbocycles. The van der Waals surface area contributed by atoms with Crippen molar-refractivity contribution in [2.24, 2.45) is 0 Å². The summed E-state index contributed by atoms with van der Waals surface area (Å²) >= 11 is 1.47. The third-order valence-corrected chi connectivity index (χ3v) is 5.97. The maximum absolute atomic E-state index is 12.5. The number of amides is 1. The third kappa shape index (κ3) is 4.65. The second-order valence-corrected chi connectivity index (χ2v) is 7.76. The highest BCUT2D eigenvalue weighted by Crippen LogP contribution is 2.31. The number of fused-ring (bicyclic) bond motifs is 1. The van der Waals surface area contributed by atoms with E-state index in [4.69, 9.17) is 14.5 Å². The van der Waals surface area contributed by atoms with Gasteiger partial charge in [-0.05, 0) is 55.2 Å². The number of ether oxygens (including phenoxy) is 2. The monoisotopic (exact) mass is 410 g/mol. The van der Waals surface area contributed by atoms with Gasteiger partial charge in [0.15, 0.2) is 11.5 Å². The topological polar surface area (TPSA) is 60.5 Å². The van der Waals surface area contributed by atoms with Crippen LogP contribution in [0.1, 0.15) is 23.6 Å². The number of hydrogen-bond acceptors (Lipinski definition) is 5. The van der Waals surface area contributed by atoms with Crippen LogP contribution in [0.5, 0.6) is 11.5 Å². The molecule has 0 fully saturated rings. The van der Waals surface area contributed by atoms with E-state index in [0.29, 0.717) is 17.2 Å². The summed E-state index contributed by atoms with van der Waals surface area (Å²) in [6.45, 7) is 6.29. The molecule has 6 heteroatoms. The van der Waals surface area contributed by atoms with Crippen LogP contribution in [0.4, 0.5) is 5.69 Å². The first-order valence-electron chi connectivity index (χ1n) is 9.51. The van der Waals surface area contributed by atoms with Crippen molar-refractivity contribution in [1.29, 1.82) is 0 Å². The van der Waals surface area contributed by atoms with Crippen molar-refractivity contribution in [3.05, 3.63) is 53.1 Å². The SMILES string of the molecule is CCc1cc2ccc(C)c(C)c2nc1SCC(=O)Nc1ccc(OC)c(OC)c1. The molecule has 29 heavy (non-hydrogen) atoms. The van der Waals surface area contributed by atoms with E-state index in [1.54, 1.807) is 32.4 Å². The standard InChI is InChI=1S/C23H26N2O3S/c1-6-16-11-17-8-7-14(2)15(3)22(17)25-23(16)29-13-21(26)24-18-9-10-19(27-4)20(12-18)28-5/h7-12H,6,13H2,1-5H3,(H,24,26). The van der Waals surface area contributed by atoms with Crippen LogP contribution in [-0.4, -0.2) is 30.9 Å². The lowest BCUT2D eigenvalue weighted by Gasteiger charge is -2.12. The highest BCUT2D eigenvalue weighted by Gasteiger charge is 2.12. The largest absolute Gasteiger partial charge is 0.493 e.